The summed E-state index contributed by atoms with van der Waals surface area (Å²) < 4.78 is 26.7. The van der Waals surface area contributed by atoms with Gasteiger partial charge in [0.2, 0.25) is 5.91 Å². The number of ether oxygens (including phenoxy) is 1. The van der Waals surface area contributed by atoms with Gasteiger partial charge in [0.1, 0.15) is 5.75 Å². The first kappa shape index (κ1) is 14.8. The first-order valence-electron chi connectivity index (χ1n) is 8.88. The predicted molar refractivity (Wildman–Crippen MR) is 92.4 cm³/mol. The number of anilines is 1. The lowest BCUT2D eigenvalue weighted by Gasteiger charge is -2.18. The van der Waals surface area contributed by atoms with Crippen molar-refractivity contribution in [3.8, 4) is 5.75 Å². The summed E-state index contributed by atoms with van der Waals surface area (Å²) >= 11 is 6.09. The van der Waals surface area contributed by atoms with Gasteiger partial charge in [0.05, 0.1) is 27.4 Å². The van der Waals surface area contributed by atoms with Crippen molar-refractivity contribution in [3.05, 3.63) is 22.7 Å². The van der Waals surface area contributed by atoms with E-state index in [4.69, 9.17) is 20.5 Å². The zero-order chi connectivity index (χ0) is 19.9. The number of hydrogen-bond acceptors (Lipinski definition) is 4. The molecule has 6 nitrogen and oxygen atoms in total. The van der Waals surface area contributed by atoms with Crippen molar-refractivity contribution < 1.29 is 18.4 Å². The van der Waals surface area contributed by atoms with Crippen molar-refractivity contribution >= 4 is 29.1 Å². The van der Waals surface area contributed by atoms with Crippen LogP contribution in [-0.4, -0.2) is 49.9 Å². The topological polar surface area (TPSA) is 70.7 Å². The van der Waals surface area contributed by atoms with Gasteiger partial charge < -0.3 is 20.3 Å². The Morgan fingerprint density at radius 3 is 2.61 bits per heavy atom. The summed E-state index contributed by atoms with van der Waals surface area (Å²) in [5.41, 5.74) is 0.151. The van der Waals surface area contributed by atoms with E-state index in [-0.39, 0.29) is 27.9 Å². The summed E-state index contributed by atoms with van der Waals surface area (Å²) in [6.07, 6.45) is 0. The van der Waals surface area contributed by atoms with E-state index in [1.54, 1.807) is 0 Å². The maximum atomic E-state index is 12.5. The molecule has 2 amide bonds. The number of nitrogens with one attached hydrogen (secondary N) is 2. The van der Waals surface area contributed by atoms with Crippen molar-refractivity contribution in [2.45, 2.75) is 20.8 Å². The summed E-state index contributed by atoms with van der Waals surface area (Å²) in [5, 5.41) is 5.29. The number of amides is 2. The second-order valence-electron chi connectivity index (χ2n) is 4.89. The van der Waals surface area contributed by atoms with Gasteiger partial charge in [-0.05, 0) is 19.2 Å². The van der Waals surface area contributed by atoms with Crippen LogP contribution < -0.4 is 15.4 Å². The molecule has 0 aromatic heterocycles. The van der Waals surface area contributed by atoms with E-state index in [2.05, 4.69) is 15.5 Å². The maximum absolute atomic E-state index is 12.5. The number of rotatable bonds is 8. The zero-order valence-corrected chi connectivity index (χ0v) is 14.3. The number of carbonyl (C=O) groups excluding carboxylic acids is 2. The molecule has 0 radical (unpaired) electrons. The minimum absolute atomic E-state index is 0.0141. The lowest BCUT2D eigenvalue weighted by Crippen LogP contribution is -2.34. The largest absolute Gasteiger partial charge is 0.496 e. The van der Waals surface area contributed by atoms with Crippen LogP contribution in [0.25, 0.3) is 0 Å². The van der Waals surface area contributed by atoms with E-state index in [0.717, 1.165) is 13.1 Å². The summed E-state index contributed by atoms with van der Waals surface area (Å²) in [6.45, 7) is 8.09. The summed E-state index contributed by atoms with van der Waals surface area (Å²) in [5.74, 6) is -1.07. The van der Waals surface area contributed by atoms with Crippen LogP contribution in [0.5, 0.6) is 5.75 Å². The molecular formula is C16H24ClN3O3. The molecule has 7 heteroatoms. The number of nitrogens with zero attached hydrogens (tertiary/aromatic N) is 1. The van der Waals surface area contributed by atoms with E-state index < -0.39 is 12.9 Å². The molecule has 0 heterocycles. The molecule has 128 valence electrons. The lowest BCUT2D eigenvalue weighted by molar-refractivity contribution is -0.114. The van der Waals surface area contributed by atoms with Gasteiger partial charge >= 0.3 is 0 Å². The number of halogens is 1. The highest BCUT2D eigenvalue weighted by Crippen LogP contribution is 2.30. The van der Waals surface area contributed by atoms with Crippen LogP contribution in [0.15, 0.2) is 12.1 Å². The van der Waals surface area contributed by atoms with Crippen molar-refractivity contribution in [2.75, 3.05) is 38.5 Å². The van der Waals surface area contributed by atoms with Gasteiger partial charge in [-0.25, -0.2) is 0 Å². The number of hydrogen-bond donors (Lipinski definition) is 2. The highest BCUT2D eigenvalue weighted by atomic mass is 35.5. The summed E-state index contributed by atoms with van der Waals surface area (Å²) in [4.78, 5) is 25.8. The summed E-state index contributed by atoms with van der Waals surface area (Å²) in [6, 6.07) is 2.51. The Bertz CT molecular complexity index is 650. The molecule has 0 aliphatic carbocycles. The predicted octanol–water partition coefficient (Wildman–Crippen LogP) is 2.38. The number of methoxy groups -OCH3 is 1. The van der Waals surface area contributed by atoms with E-state index in [0.29, 0.717) is 13.1 Å². The molecule has 0 unspecified atom stereocenters. The van der Waals surface area contributed by atoms with Crippen molar-refractivity contribution in [1.29, 1.82) is 0 Å². The quantitative estimate of drug-likeness (QED) is 0.759. The van der Waals surface area contributed by atoms with Gasteiger partial charge in [-0.15, -0.1) is 0 Å². The van der Waals surface area contributed by atoms with Crippen LogP contribution in [0.3, 0.4) is 0 Å². The second kappa shape index (κ2) is 9.37. The van der Waals surface area contributed by atoms with E-state index in [1.807, 2.05) is 13.8 Å². The molecule has 2 N–H and O–H groups in total. The first-order chi connectivity index (χ1) is 12.1. The molecule has 0 saturated carbocycles. The fourth-order valence-corrected chi connectivity index (χ4v) is 2.27. The SMILES string of the molecule is [2H]C([2H])([2H])Oc1cc(NC(C)=O)c(Cl)cc1C(=O)NCCN(CC)CC. The van der Waals surface area contributed by atoms with Crippen LogP contribution >= 0.6 is 11.6 Å². The average molecular weight is 345 g/mol. The molecular weight excluding hydrogens is 318 g/mol. The first-order valence-corrected chi connectivity index (χ1v) is 7.75. The van der Waals surface area contributed by atoms with Crippen LogP contribution in [0.2, 0.25) is 5.02 Å². The minimum Gasteiger partial charge on any atom is -0.496 e. The average Bonchev–Trinajstić information content (AvgIpc) is 2.52. The summed E-state index contributed by atoms with van der Waals surface area (Å²) in [7, 11) is -2.75. The van der Waals surface area contributed by atoms with Gasteiger partial charge in [0.15, 0.2) is 0 Å². The van der Waals surface area contributed by atoms with Crippen molar-refractivity contribution in [2.24, 2.45) is 0 Å². The number of benzene rings is 1. The number of carbonyl (C=O) groups is 2. The minimum atomic E-state index is -2.75. The van der Waals surface area contributed by atoms with Crippen LogP contribution in [0.4, 0.5) is 5.69 Å². The monoisotopic (exact) mass is 344 g/mol. The highest BCUT2D eigenvalue weighted by Gasteiger charge is 2.16. The molecule has 23 heavy (non-hydrogen) atoms. The van der Waals surface area contributed by atoms with Gasteiger partial charge in [-0.1, -0.05) is 25.4 Å². The van der Waals surface area contributed by atoms with Gasteiger partial charge in [0.25, 0.3) is 5.91 Å². The third-order valence-electron chi connectivity index (χ3n) is 3.34. The Morgan fingerprint density at radius 2 is 2.04 bits per heavy atom. The smallest absolute Gasteiger partial charge is 0.255 e. The molecule has 0 spiro atoms. The van der Waals surface area contributed by atoms with Crippen LogP contribution in [-0.2, 0) is 4.79 Å². The Kier molecular flexibility index (Phi) is 6.02. The fourth-order valence-electron chi connectivity index (χ4n) is 2.06. The molecule has 0 aliphatic heterocycles. The lowest BCUT2D eigenvalue weighted by atomic mass is 10.1. The Balaban J connectivity index is 3.04. The fraction of sp³-hybridized carbons (Fsp3) is 0.500. The molecule has 1 rings (SSSR count). The van der Waals surface area contributed by atoms with Gasteiger partial charge in [0, 0.05) is 26.1 Å². The number of likely N-dealkylation sites (N-methyl/N-ethyl adjacent to an activating group) is 1. The van der Waals surface area contributed by atoms with Crippen molar-refractivity contribution in [3.63, 3.8) is 0 Å². The highest BCUT2D eigenvalue weighted by molar-refractivity contribution is 6.34. The van der Waals surface area contributed by atoms with E-state index >= 15 is 0 Å². The molecule has 0 atom stereocenters. The molecule has 1 aromatic carbocycles. The second-order valence-corrected chi connectivity index (χ2v) is 5.30. The zero-order valence-electron chi connectivity index (χ0n) is 16.5. The normalized spacial score (nSPS) is 13.0. The third-order valence-corrected chi connectivity index (χ3v) is 3.66. The maximum Gasteiger partial charge on any atom is 0.255 e. The molecule has 0 fully saturated rings. The molecule has 1 aromatic rings. The van der Waals surface area contributed by atoms with Crippen LogP contribution in [0.1, 0.15) is 35.2 Å². The molecule has 0 aliphatic rings. The molecule has 0 saturated heterocycles. The van der Waals surface area contributed by atoms with E-state index in [1.165, 1.54) is 19.1 Å². The Hall–Kier alpha value is -1.79. The standard InChI is InChI=1S/C16H24ClN3O3/c1-5-20(6-2)8-7-18-16(22)12-9-13(17)14(19-11(3)21)10-15(12)23-4/h9-10H,5-8H2,1-4H3,(H,18,22)(H,19,21)/i4D3. The van der Waals surface area contributed by atoms with Crippen LogP contribution in [0, 0.1) is 0 Å². The van der Waals surface area contributed by atoms with Crippen molar-refractivity contribution in [1.82, 2.24) is 10.2 Å². The van der Waals surface area contributed by atoms with E-state index in [9.17, 15) is 9.59 Å². The third kappa shape index (κ3) is 5.73. The van der Waals surface area contributed by atoms with Gasteiger partial charge in [-0.2, -0.15) is 0 Å². The Morgan fingerprint density at radius 1 is 1.35 bits per heavy atom. The Labute approximate surface area is 146 Å². The van der Waals surface area contributed by atoms with Gasteiger partial charge in [-0.3, -0.25) is 9.59 Å². The molecule has 0 bridgehead atoms.